The average molecular weight is 424 g/mol. The molecular formula is C20H17ClF3N3O2. The first-order valence-electron chi connectivity index (χ1n) is 8.70. The third-order valence-electron chi connectivity index (χ3n) is 4.27. The second-order valence-electron chi connectivity index (χ2n) is 6.38. The van der Waals surface area contributed by atoms with Crippen LogP contribution in [-0.4, -0.2) is 22.5 Å². The molecule has 0 fully saturated rings. The van der Waals surface area contributed by atoms with Crippen molar-refractivity contribution in [1.29, 1.82) is 0 Å². The van der Waals surface area contributed by atoms with Gasteiger partial charge in [-0.25, -0.2) is 9.97 Å². The van der Waals surface area contributed by atoms with Gasteiger partial charge in [0.1, 0.15) is 0 Å². The van der Waals surface area contributed by atoms with E-state index >= 15 is 0 Å². The van der Waals surface area contributed by atoms with E-state index in [4.69, 9.17) is 16.3 Å². The molecule has 1 N–H and O–H groups in total. The molecule has 0 bridgehead atoms. The van der Waals surface area contributed by atoms with Crippen LogP contribution >= 0.6 is 11.6 Å². The molecule has 2 aromatic carbocycles. The normalized spacial score (nSPS) is 11.6. The molecule has 29 heavy (non-hydrogen) atoms. The smallest absolute Gasteiger partial charge is 0.417 e. The predicted molar refractivity (Wildman–Crippen MR) is 105 cm³/mol. The van der Waals surface area contributed by atoms with Crippen LogP contribution in [0.15, 0.2) is 30.3 Å². The van der Waals surface area contributed by atoms with Crippen LogP contribution in [-0.2, 0) is 6.18 Å². The van der Waals surface area contributed by atoms with Crippen molar-refractivity contribution in [3.63, 3.8) is 0 Å². The molecule has 5 nitrogen and oxygen atoms in total. The zero-order valence-corrected chi connectivity index (χ0v) is 16.6. The van der Waals surface area contributed by atoms with Gasteiger partial charge in [0.25, 0.3) is 5.91 Å². The molecule has 3 aromatic rings. The number of nitrogens with one attached hydrogen (secondary N) is 1. The highest BCUT2D eigenvalue weighted by Gasteiger charge is 2.33. The SMILES string of the molecule is CCOc1nc2cc(C)c(C)cc2nc1C(=O)Nc1ccc(Cl)c(C(F)(F)F)c1. The van der Waals surface area contributed by atoms with E-state index in [0.717, 1.165) is 23.3 Å². The monoisotopic (exact) mass is 423 g/mol. The largest absolute Gasteiger partial charge is 0.476 e. The van der Waals surface area contributed by atoms with Crippen molar-refractivity contribution >= 4 is 34.2 Å². The minimum atomic E-state index is -4.65. The predicted octanol–water partition coefficient (Wildman–Crippen LogP) is 5.57. The van der Waals surface area contributed by atoms with Gasteiger partial charge >= 0.3 is 6.18 Å². The van der Waals surface area contributed by atoms with Gasteiger partial charge < -0.3 is 10.1 Å². The quantitative estimate of drug-likeness (QED) is 0.595. The van der Waals surface area contributed by atoms with Gasteiger partial charge in [0, 0.05) is 5.69 Å². The van der Waals surface area contributed by atoms with Crippen LogP contribution in [0.2, 0.25) is 5.02 Å². The lowest BCUT2D eigenvalue weighted by Gasteiger charge is -2.13. The first kappa shape index (κ1) is 20.9. The third-order valence-corrected chi connectivity index (χ3v) is 4.60. The number of hydrogen-bond donors (Lipinski definition) is 1. The molecule has 0 saturated carbocycles. The van der Waals surface area contributed by atoms with E-state index in [1.165, 1.54) is 6.07 Å². The Hall–Kier alpha value is -2.87. The number of aryl methyl sites for hydroxylation is 2. The lowest BCUT2D eigenvalue weighted by molar-refractivity contribution is -0.137. The highest BCUT2D eigenvalue weighted by molar-refractivity contribution is 6.31. The molecule has 9 heteroatoms. The van der Waals surface area contributed by atoms with Crippen molar-refractivity contribution in [3.05, 3.63) is 57.7 Å². The summed E-state index contributed by atoms with van der Waals surface area (Å²) in [5, 5.41) is 1.95. The Balaban J connectivity index is 2.02. The number of benzene rings is 2. The minimum absolute atomic E-state index is 0.00533. The summed E-state index contributed by atoms with van der Waals surface area (Å²) in [5.41, 5.74) is 1.77. The number of halogens is 4. The van der Waals surface area contributed by atoms with Crippen LogP contribution in [0.25, 0.3) is 11.0 Å². The number of carbonyl (C=O) groups is 1. The summed E-state index contributed by atoms with van der Waals surface area (Å²) in [6.07, 6.45) is -4.65. The van der Waals surface area contributed by atoms with Gasteiger partial charge in [-0.3, -0.25) is 4.79 Å². The van der Waals surface area contributed by atoms with Crippen molar-refractivity contribution in [2.45, 2.75) is 26.9 Å². The lowest BCUT2D eigenvalue weighted by atomic mass is 10.1. The summed E-state index contributed by atoms with van der Waals surface area (Å²) < 4.78 is 44.6. The Morgan fingerprint density at radius 3 is 2.31 bits per heavy atom. The van der Waals surface area contributed by atoms with Gasteiger partial charge in [0.2, 0.25) is 5.88 Å². The minimum Gasteiger partial charge on any atom is -0.476 e. The third kappa shape index (κ3) is 4.42. The Morgan fingerprint density at radius 2 is 1.72 bits per heavy atom. The van der Waals surface area contributed by atoms with Crippen molar-refractivity contribution in [1.82, 2.24) is 9.97 Å². The number of anilines is 1. The van der Waals surface area contributed by atoms with Crippen LogP contribution in [0, 0.1) is 13.8 Å². The van der Waals surface area contributed by atoms with Crippen molar-refractivity contribution < 1.29 is 22.7 Å². The molecule has 0 aliphatic carbocycles. The molecule has 0 spiro atoms. The van der Waals surface area contributed by atoms with E-state index in [1.807, 2.05) is 19.9 Å². The van der Waals surface area contributed by atoms with E-state index in [9.17, 15) is 18.0 Å². The van der Waals surface area contributed by atoms with E-state index in [1.54, 1.807) is 13.0 Å². The Bertz CT molecular complexity index is 1100. The van der Waals surface area contributed by atoms with Gasteiger partial charge in [-0.05, 0) is 62.2 Å². The van der Waals surface area contributed by atoms with Crippen LogP contribution in [0.4, 0.5) is 18.9 Å². The Labute approximate surface area is 169 Å². The molecule has 0 atom stereocenters. The lowest BCUT2D eigenvalue weighted by Crippen LogP contribution is -2.17. The molecule has 1 aromatic heterocycles. The van der Waals surface area contributed by atoms with Crippen LogP contribution in [0.5, 0.6) is 5.88 Å². The molecule has 3 rings (SSSR count). The molecule has 1 amide bonds. The fourth-order valence-corrected chi connectivity index (χ4v) is 2.92. The van der Waals surface area contributed by atoms with Crippen LogP contribution in [0.1, 0.15) is 34.1 Å². The number of fused-ring (bicyclic) bond motifs is 1. The highest BCUT2D eigenvalue weighted by atomic mass is 35.5. The first-order valence-corrected chi connectivity index (χ1v) is 9.08. The Morgan fingerprint density at radius 1 is 1.10 bits per heavy atom. The second-order valence-corrected chi connectivity index (χ2v) is 6.79. The maximum Gasteiger partial charge on any atom is 0.417 e. The zero-order chi connectivity index (χ0) is 21.3. The van der Waals surface area contributed by atoms with Crippen LogP contribution in [0.3, 0.4) is 0 Å². The summed E-state index contributed by atoms with van der Waals surface area (Å²) in [7, 11) is 0. The fourth-order valence-electron chi connectivity index (χ4n) is 2.69. The van der Waals surface area contributed by atoms with E-state index < -0.39 is 22.7 Å². The summed E-state index contributed by atoms with van der Waals surface area (Å²) in [4.78, 5) is 21.4. The fraction of sp³-hybridized carbons (Fsp3) is 0.250. The van der Waals surface area contributed by atoms with Gasteiger partial charge in [0.15, 0.2) is 5.69 Å². The van der Waals surface area contributed by atoms with E-state index in [-0.39, 0.29) is 23.9 Å². The average Bonchev–Trinajstić information content (AvgIpc) is 2.63. The van der Waals surface area contributed by atoms with Gasteiger partial charge in [-0.15, -0.1) is 0 Å². The number of rotatable bonds is 4. The first-order chi connectivity index (χ1) is 13.6. The van der Waals surface area contributed by atoms with Gasteiger partial charge in [0.05, 0.1) is 28.2 Å². The maximum absolute atomic E-state index is 13.1. The number of hydrogen-bond acceptors (Lipinski definition) is 4. The molecule has 0 aliphatic heterocycles. The van der Waals surface area contributed by atoms with Crippen molar-refractivity contribution in [2.24, 2.45) is 0 Å². The van der Waals surface area contributed by atoms with Gasteiger partial charge in [-0.1, -0.05) is 11.6 Å². The number of carbonyl (C=O) groups excluding carboxylic acids is 1. The molecule has 152 valence electrons. The standard InChI is InChI=1S/C20H17ClF3N3O2/c1-4-29-19-17(26-15-7-10(2)11(3)8-16(15)27-19)18(28)25-12-5-6-14(21)13(9-12)20(22,23)24/h5-9H,4H2,1-3H3,(H,25,28). The number of amides is 1. The van der Waals surface area contributed by atoms with E-state index in [0.29, 0.717) is 11.0 Å². The molecule has 0 aliphatic rings. The Kier molecular flexibility index (Phi) is 5.66. The van der Waals surface area contributed by atoms with Gasteiger partial charge in [-0.2, -0.15) is 13.2 Å². The summed E-state index contributed by atoms with van der Waals surface area (Å²) >= 11 is 5.62. The molecular weight excluding hydrogens is 407 g/mol. The molecule has 1 heterocycles. The van der Waals surface area contributed by atoms with Crippen LogP contribution < -0.4 is 10.1 Å². The summed E-state index contributed by atoms with van der Waals surface area (Å²) in [6.45, 7) is 5.79. The number of alkyl halides is 3. The number of nitrogens with zero attached hydrogens (tertiary/aromatic N) is 2. The molecule has 0 radical (unpaired) electrons. The molecule has 0 saturated heterocycles. The van der Waals surface area contributed by atoms with Crippen molar-refractivity contribution in [3.8, 4) is 5.88 Å². The molecule has 0 unspecified atom stereocenters. The topological polar surface area (TPSA) is 64.1 Å². The maximum atomic E-state index is 13.1. The number of ether oxygens (including phenoxy) is 1. The van der Waals surface area contributed by atoms with Crippen molar-refractivity contribution in [2.75, 3.05) is 11.9 Å². The second kappa shape index (κ2) is 7.87. The van der Waals surface area contributed by atoms with E-state index in [2.05, 4.69) is 15.3 Å². The summed E-state index contributed by atoms with van der Waals surface area (Å²) in [6, 6.07) is 6.73. The zero-order valence-electron chi connectivity index (χ0n) is 15.8. The highest BCUT2D eigenvalue weighted by Crippen LogP contribution is 2.36. The number of aromatic nitrogens is 2. The summed E-state index contributed by atoms with van der Waals surface area (Å²) in [5.74, 6) is -0.734.